The van der Waals surface area contributed by atoms with Gasteiger partial charge in [-0.3, -0.25) is 0 Å². The predicted molar refractivity (Wildman–Crippen MR) is 68.6 cm³/mol. The van der Waals surface area contributed by atoms with Gasteiger partial charge in [-0.1, -0.05) is 5.16 Å². The highest BCUT2D eigenvalue weighted by Gasteiger charge is 2.12. The second-order valence-electron chi connectivity index (χ2n) is 4.20. The van der Waals surface area contributed by atoms with E-state index in [1.54, 1.807) is 18.3 Å². The number of carboxylic acids is 1. The van der Waals surface area contributed by atoms with E-state index in [-0.39, 0.29) is 5.69 Å². The van der Waals surface area contributed by atoms with Gasteiger partial charge in [-0.05, 0) is 31.2 Å². The van der Waals surface area contributed by atoms with Crippen LogP contribution < -0.4 is 0 Å². The third kappa shape index (κ3) is 2.16. The van der Waals surface area contributed by atoms with Crippen molar-refractivity contribution in [1.82, 2.24) is 20.2 Å². The van der Waals surface area contributed by atoms with Crippen molar-refractivity contribution in [3.8, 4) is 17.0 Å². The van der Waals surface area contributed by atoms with Crippen molar-refractivity contribution in [1.29, 1.82) is 0 Å². The number of hydrogen-bond acceptors (Lipinski definition) is 5. The summed E-state index contributed by atoms with van der Waals surface area (Å²) in [6.45, 7) is 1.86. The summed E-state index contributed by atoms with van der Waals surface area (Å²) in [5.41, 5.74) is 2.25. The molecule has 0 aliphatic heterocycles. The third-order valence-corrected chi connectivity index (χ3v) is 2.72. The van der Waals surface area contributed by atoms with Gasteiger partial charge in [0, 0.05) is 11.6 Å². The van der Waals surface area contributed by atoms with Gasteiger partial charge in [-0.2, -0.15) is 15.0 Å². The van der Waals surface area contributed by atoms with E-state index in [1.165, 1.54) is 10.9 Å². The average Bonchev–Trinajstić information content (AvgIpc) is 3.08. The summed E-state index contributed by atoms with van der Waals surface area (Å²) in [5, 5.41) is 20.6. The summed E-state index contributed by atoms with van der Waals surface area (Å²) < 4.78 is 4.99. The van der Waals surface area contributed by atoms with Crippen LogP contribution in [0.5, 0.6) is 0 Å². The van der Waals surface area contributed by atoms with E-state index >= 15 is 0 Å². The van der Waals surface area contributed by atoms with Gasteiger partial charge in [0.05, 0.1) is 17.6 Å². The summed E-state index contributed by atoms with van der Waals surface area (Å²) >= 11 is 0. The minimum Gasteiger partial charge on any atom is -0.476 e. The number of rotatable bonds is 3. The van der Waals surface area contributed by atoms with Crippen LogP contribution in [-0.4, -0.2) is 31.2 Å². The van der Waals surface area contributed by atoms with Crippen LogP contribution >= 0.6 is 0 Å². The van der Waals surface area contributed by atoms with Crippen LogP contribution in [0.3, 0.4) is 0 Å². The quantitative estimate of drug-likeness (QED) is 0.781. The molecule has 2 heterocycles. The molecular formula is C13H10N4O3. The molecule has 3 aromatic rings. The summed E-state index contributed by atoms with van der Waals surface area (Å²) in [5.74, 6) is -0.716. The summed E-state index contributed by atoms with van der Waals surface area (Å²) in [4.78, 5) is 12.3. The molecule has 0 unspecified atom stereocenters. The number of benzene rings is 1. The van der Waals surface area contributed by atoms with E-state index in [1.807, 2.05) is 19.1 Å². The normalized spacial score (nSPS) is 10.7. The van der Waals surface area contributed by atoms with E-state index in [9.17, 15) is 4.79 Å². The van der Waals surface area contributed by atoms with Gasteiger partial charge in [0.25, 0.3) is 0 Å². The summed E-state index contributed by atoms with van der Waals surface area (Å²) in [6.07, 6.45) is 1.67. The standard InChI is InChI=1S/C13H10N4O3/c1-8-7-14-17(15-8)10-4-2-9(3-5-10)12-6-11(13(18)19)16-20-12/h2-7H,1H3,(H,18,19). The minimum absolute atomic E-state index is 0.117. The lowest BCUT2D eigenvalue weighted by Crippen LogP contribution is -1.98. The molecule has 0 atom stereocenters. The van der Waals surface area contributed by atoms with Crippen molar-refractivity contribution in [2.45, 2.75) is 6.92 Å². The zero-order valence-corrected chi connectivity index (χ0v) is 10.5. The molecule has 0 spiro atoms. The van der Waals surface area contributed by atoms with Crippen LogP contribution in [-0.2, 0) is 0 Å². The summed E-state index contributed by atoms with van der Waals surface area (Å²) in [7, 11) is 0. The largest absolute Gasteiger partial charge is 0.476 e. The molecule has 1 N–H and O–H groups in total. The fourth-order valence-electron chi connectivity index (χ4n) is 1.73. The number of carbonyl (C=O) groups is 1. The molecule has 0 bridgehead atoms. The van der Waals surface area contributed by atoms with Crippen LogP contribution in [0, 0.1) is 6.92 Å². The fraction of sp³-hybridized carbons (Fsp3) is 0.0769. The highest BCUT2D eigenvalue weighted by atomic mass is 16.5. The molecule has 7 heteroatoms. The Morgan fingerprint density at radius 3 is 2.60 bits per heavy atom. The summed E-state index contributed by atoms with van der Waals surface area (Å²) in [6, 6.07) is 8.60. The maximum Gasteiger partial charge on any atom is 0.358 e. The molecule has 1 aromatic carbocycles. The van der Waals surface area contributed by atoms with Crippen molar-refractivity contribution in [3.05, 3.63) is 47.9 Å². The van der Waals surface area contributed by atoms with Gasteiger partial charge in [-0.15, -0.1) is 0 Å². The molecule has 0 radical (unpaired) electrons. The lowest BCUT2D eigenvalue weighted by atomic mass is 10.1. The Kier molecular flexibility index (Phi) is 2.79. The third-order valence-electron chi connectivity index (χ3n) is 2.72. The second kappa shape index (κ2) is 4.61. The second-order valence-corrected chi connectivity index (χ2v) is 4.20. The van der Waals surface area contributed by atoms with Crippen molar-refractivity contribution >= 4 is 5.97 Å². The first-order chi connectivity index (χ1) is 9.63. The molecule has 20 heavy (non-hydrogen) atoms. The number of aryl methyl sites for hydroxylation is 1. The Bertz CT molecular complexity index is 758. The Balaban J connectivity index is 1.90. The zero-order chi connectivity index (χ0) is 14.1. The molecular weight excluding hydrogens is 260 g/mol. The Morgan fingerprint density at radius 2 is 2.05 bits per heavy atom. The van der Waals surface area contributed by atoms with Gasteiger partial charge in [0.15, 0.2) is 11.5 Å². The highest BCUT2D eigenvalue weighted by molar-refractivity contribution is 5.86. The predicted octanol–water partition coefficient (Wildman–Crippen LogP) is 1.93. The number of carboxylic acid groups (broad SMARTS) is 1. The maximum absolute atomic E-state index is 10.7. The van der Waals surface area contributed by atoms with Gasteiger partial charge in [-0.25, -0.2) is 4.79 Å². The number of aromatic carboxylic acids is 1. The molecule has 2 aromatic heterocycles. The van der Waals surface area contributed by atoms with Crippen LogP contribution in [0.15, 0.2) is 41.1 Å². The molecule has 0 saturated heterocycles. The van der Waals surface area contributed by atoms with Crippen LogP contribution in [0.1, 0.15) is 16.2 Å². The van der Waals surface area contributed by atoms with Gasteiger partial charge in [0.1, 0.15) is 0 Å². The minimum atomic E-state index is -1.12. The van der Waals surface area contributed by atoms with Crippen molar-refractivity contribution in [2.75, 3.05) is 0 Å². The molecule has 3 rings (SSSR count). The van der Waals surface area contributed by atoms with Crippen molar-refractivity contribution in [2.24, 2.45) is 0 Å². The van der Waals surface area contributed by atoms with Crippen molar-refractivity contribution < 1.29 is 14.4 Å². The highest BCUT2D eigenvalue weighted by Crippen LogP contribution is 2.21. The molecule has 0 aliphatic rings. The van der Waals surface area contributed by atoms with E-state index in [2.05, 4.69) is 15.4 Å². The van der Waals surface area contributed by atoms with Crippen LogP contribution in [0.25, 0.3) is 17.0 Å². The van der Waals surface area contributed by atoms with Crippen LogP contribution in [0.4, 0.5) is 0 Å². The van der Waals surface area contributed by atoms with E-state index in [0.717, 1.165) is 16.9 Å². The van der Waals surface area contributed by atoms with E-state index in [0.29, 0.717) is 5.76 Å². The molecule has 0 fully saturated rings. The van der Waals surface area contributed by atoms with Gasteiger partial charge >= 0.3 is 5.97 Å². The number of hydrogen-bond donors (Lipinski definition) is 1. The van der Waals surface area contributed by atoms with E-state index in [4.69, 9.17) is 9.63 Å². The lowest BCUT2D eigenvalue weighted by Gasteiger charge is -2.00. The molecule has 0 saturated carbocycles. The Hall–Kier alpha value is -2.96. The molecule has 100 valence electrons. The molecule has 0 amide bonds. The van der Waals surface area contributed by atoms with Gasteiger partial charge < -0.3 is 9.63 Å². The van der Waals surface area contributed by atoms with Gasteiger partial charge in [0.2, 0.25) is 0 Å². The first-order valence-corrected chi connectivity index (χ1v) is 5.83. The monoisotopic (exact) mass is 270 g/mol. The lowest BCUT2D eigenvalue weighted by molar-refractivity contribution is 0.0686. The van der Waals surface area contributed by atoms with Crippen molar-refractivity contribution in [3.63, 3.8) is 0 Å². The Labute approximate surface area is 113 Å². The SMILES string of the molecule is Cc1cnn(-c2ccc(-c3cc(C(=O)O)no3)cc2)n1. The molecule has 7 nitrogen and oxygen atoms in total. The average molecular weight is 270 g/mol. The molecule has 0 aliphatic carbocycles. The number of aromatic nitrogens is 4. The van der Waals surface area contributed by atoms with Crippen LogP contribution in [0.2, 0.25) is 0 Å². The maximum atomic E-state index is 10.7. The number of nitrogens with zero attached hydrogens (tertiary/aromatic N) is 4. The zero-order valence-electron chi connectivity index (χ0n) is 10.5. The topological polar surface area (TPSA) is 94.0 Å². The first-order valence-electron chi connectivity index (χ1n) is 5.83. The van der Waals surface area contributed by atoms with E-state index < -0.39 is 5.97 Å². The fourth-order valence-corrected chi connectivity index (χ4v) is 1.73. The smallest absolute Gasteiger partial charge is 0.358 e. The Morgan fingerprint density at radius 1 is 1.30 bits per heavy atom. The first kappa shape index (κ1) is 12.1.